The minimum Gasteiger partial charge on any atom is -0.395 e. The number of hydrogen-bond acceptors (Lipinski definition) is 6. The van der Waals surface area contributed by atoms with Crippen molar-refractivity contribution in [3.05, 3.63) is 65.2 Å². The topological polar surface area (TPSA) is 82.9 Å². The number of benzene rings is 2. The fourth-order valence-corrected chi connectivity index (χ4v) is 4.80. The van der Waals surface area contributed by atoms with Crippen molar-refractivity contribution in [1.29, 1.82) is 0 Å². The Morgan fingerprint density at radius 2 is 1.88 bits per heavy atom. The van der Waals surface area contributed by atoms with Crippen molar-refractivity contribution in [1.82, 2.24) is 19.5 Å². The number of β-amino-alcohol motifs (C(OH)–C–C–N with tert-alkyl or cyclic N) is 1. The highest BCUT2D eigenvalue weighted by Gasteiger charge is 2.21. The van der Waals surface area contributed by atoms with E-state index >= 15 is 4.39 Å². The molecule has 0 spiro atoms. The van der Waals surface area contributed by atoms with E-state index in [2.05, 4.69) is 14.9 Å². The number of nitrogens with two attached hydrogens (primary N) is 1. The third kappa shape index (κ3) is 4.09. The van der Waals surface area contributed by atoms with Gasteiger partial charge in [0.05, 0.1) is 18.5 Å². The van der Waals surface area contributed by atoms with Crippen molar-refractivity contribution in [2.24, 2.45) is 0 Å². The van der Waals surface area contributed by atoms with E-state index in [1.165, 1.54) is 6.07 Å². The van der Waals surface area contributed by atoms with Crippen LogP contribution in [0.5, 0.6) is 0 Å². The van der Waals surface area contributed by atoms with Gasteiger partial charge in [-0.3, -0.25) is 4.90 Å². The third-order valence-electron chi connectivity index (χ3n) is 6.37. The quantitative estimate of drug-likeness (QED) is 0.451. The largest absolute Gasteiger partial charge is 0.395 e. The van der Waals surface area contributed by atoms with E-state index in [1.54, 1.807) is 22.8 Å². The van der Waals surface area contributed by atoms with Gasteiger partial charge in [-0.1, -0.05) is 23.7 Å². The first-order valence-corrected chi connectivity index (χ1v) is 11.6. The van der Waals surface area contributed by atoms with Gasteiger partial charge in [0.15, 0.2) is 5.65 Å². The van der Waals surface area contributed by atoms with Crippen molar-refractivity contribution in [3.8, 4) is 22.3 Å². The van der Waals surface area contributed by atoms with E-state index in [4.69, 9.17) is 27.4 Å². The average molecular weight is 481 g/mol. The summed E-state index contributed by atoms with van der Waals surface area (Å²) in [6, 6.07) is 12.6. The Morgan fingerprint density at radius 3 is 2.62 bits per heavy atom. The molecular weight excluding hydrogens is 455 g/mol. The van der Waals surface area contributed by atoms with Gasteiger partial charge < -0.3 is 15.7 Å². The fraction of sp³-hybridized carbons (Fsp3) is 0.280. The number of rotatable bonds is 5. The molecular formula is C25H26ClFN6O. The van der Waals surface area contributed by atoms with Gasteiger partial charge in [0.2, 0.25) is 0 Å². The Balaban J connectivity index is 1.53. The molecule has 0 atom stereocenters. The van der Waals surface area contributed by atoms with Crippen LogP contribution in [0.3, 0.4) is 0 Å². The van der Waals surface area contributed by atoms with E-state index in [0.29, 0.717) is 39.9 Å². The molecule has 3 heterocycles. The zero-order valence-corrected chi connectivity index (χ0v) is 19.6. The summed E-state index contributed by atoms with van der Waals surface area (Å²) in [5, 5.41) is 14.2. The number of anilines is 2. The minimum absolute atomic E-state index is 0.157. The molecule has 0 aliphatic carbocycles. The third-order valence-corrected chi connectivity index (χ3v) is 6.61. The molecule has 5 rings (SSSR count). The maximum absolute atomic E-state index is 15.0. The van der Waals surface area contributed by atoms with Crippen molar-refractivity contribution >= 4 is 28.8 Å². The average Bonchev–Trinajstić information content (AvgIpc) is 3.24. The lowest BCUT2D eigenvalue weighted by molar-refractivity contribution is 0.189. The Bertz CT molecular complexity index is 1350. The highest BCUT2D eigenvalue weighted by molar-refractivity contribution is 6.30. The number of aliphatic hydroxyl groups excluding tert-OH is 1. The lowest BCUT2D eigenvalue weighted by Gasteiger charge is -2.36. The number of hydrogen-bond donors (Lipinski definition) is 2. The number of halogens is 2. The normalized spacial score (nSPS) is 14.8. The first-order chi connectivity index (χ1) is 16.5. The molecule has 1 aliphatic rings. The lowest BCUT2D eigenvalue weighted by atomic mass is 10.0. The van der Waals surface area contributed by atoms with Crippen LogP contribution >= 0.6 is 11.6 Å². The van der Waals surface area contributed by atoms with Crippen LogP contribution in [0.1, 0.15) is 5.69 Å². The number of aryl methyl sites for hydroxylation is 1. The summed E-state index contributed by atoms with van der Waals surface area (Å²) in [5.74, 6) is 0.0853. The molecule has 9 heteroatoms. The molecule has 0 saturated carbocycles. The Kier molecular flexibility index (Phi) is 6.12. The molecule has 7 nitrogen and oxygen atoms in total. The summed E-state index contributed by atoms with van der Waals surface area (Å²) in [6.45, 7) is 6.04. The van der Waals surface area contributed by atoms with Crippen LogP contribution in [-0.2, 0) is 0 Å². The molecule has 2 aromatic heterocycles. The zero-order chi connectivity index (χ0) is 23.8. The van der Waals surface area contributed by atoms with E-state index in [0.717, 1.165) is 43.0 Å². The van der Waals surface area contributed by atoms with Gasteiger partial charge in [0.25, 0.3) is 0 Å². The molecule has 1 fully saturated rings. The van der Waals surface area contributed by atoms with Crippen LogP contribution in [0.15, 0.2) is 48.7 Å². The molecule has 34 heavy (non-hydrogen) atoms. The predicted molar refractivity (Wildman–Crippen MR) is 134 cm³/mol. The summed E-state index contributed by atoms with van der Waals surface area (Å²) in [5.41, 5.74) is 11.3. The Hall–Kier alpha value is -3.20. The first-order valence-electron chi connectivity index (χ1n) is 11.2. The predicted octanol–water partition coefficient (Wildman–Crippen LogP) is 3.86. The fourth-order valence-electron chi connectivity index (χ4n) is 4.61. The smallest absolute Gasteiger partial charge is 0.165 e. The minimum atomic E-state index is -0.338. The van der Waals surface area contributed by atoms with Gasteiger partial charge >= 0.3 is 0 Å². The maximum Gasteiger partial charge on any atom is 0.165 e. The van der Waals surface area contributed by atoms with Gasteiger partial charge in [-0.2, -0.15) is 9.61 Å². The summed E-state index contributed by atoms with van der Waals surface area (Å²) in [7, 11) is 0. The van der Waals surface area contributed by atoms with Crippen molar-refractivity contribution in [2.75, 3.05) is 50.0 Å². The van der Waals surface area contributed by atoms with Gasteiger partial charge in [-0.25, -0.2) is 9.37 Å². The van der Waals surface area contributed by atoms with Gasteiger partial charge in [-0.15, -0.1) is 0 Å². The van der Waals surface area contributed by atoms with E-state index in [9.17, 15) is 0 Å². The molecule has 176 valence electrons. The van der Waals surface area contributed by atoms with Gasteiger partial charge in [0, 0.05) is 60.1 Å². The number of aliphatic hydroxyl groups is 1. The number of fused-ring (bicyclic) bond motifs is 1. The highest BCUT2D eigenvalue weighted by atomic mass is 35.5. The second-order valence-corrected chi connectivity index (χ2v) is 8.91. The summed E-state index contributed by atoms with van der Waals surface area (Å²) < 4.78 is 16.6. The van der Waals surface area contributed by atoms with Crippen LogP contribution < -0.4 is 10.6 Å². The Morgan fingerprint density at radius 1 is 1.09 bits per heavy atom. The van der Waals surface area contributed by atoms with Crippen LogP contribution in [0.25, 0.3) is 27.9 Å². The second kappa shape index (κ2) is 9.21. The number of piperazine rings is 1. The monoisotopic (exact) mass is 480 g/mol. The summed E-state index contributed by atoms with van der Waals surface area (Å²) >= 11 is 6.18. The first kappa shape index (κ1) is 22.6. The summed E-state index contributed by atoms with van der Waals surface area (Å²) in [4.78, 5) is 9.21. The SMILES string of the molecule is Cc1nc2c(-c3cc(N4CCN(CCO)CC4)ccc3F)cnn2c(N)c1-c1cccc(Cl)c1. The number of nitrogens with zero attached hydrogens (tertiary/aromatic N) is 5. The number of nitrogen functional groups attached to an aromatic ring is 1. The van der Waals surface area contributed by atoms with E-state index < -0.39 is 0 Å². The van der Waals surface area contributed by atoms with Crippen LogP contribution in [0.4, 0.5) is 15.9 Å². The summed E-state index contributed by atoms with van der Waals surface area (Å²) in [6.07, 6.45) is 1.61. The highest BCUT2D eigenvalue weighted by Crippen LogP contribution is 2.35. The van der Waals surface area contributed by atoms with Gasteiger partial charge in [-0.05, 0) is 42.8 Å². The molecule has 0 radical (unpaired) electrons. The zero-order valence-electron chi connectivity index (χ0n) is 18.9. The molecule has 3 N–H and O–H groups in total. The molecule has 0 bridgehead atoms. The molecule has 4 aromatic rings. The van der Waals surface area contributed by atoms with E-state index in [-0.39, 0.29) is 12.4 Å². The van der Waals surface area contributed by atoms with Crippen LogP contribution in [-0.4, -0.2) is 63.9 Å². The van der Waals surface area contributed by atoms with Crippen LogP contribution in [0, 0.1) is 12.7 Å². The molecule has 0 unspecified atom stereocenters. The van der Waals surface area contributed by atoms with Crippen molar-refractivity contribution in [3.63, 3.8) is 0 Å². The molecule has 2 aromatic carbocycles. The van der Waals surface area contributed by atoms with Crippen molar-refractivity contribution < 1.29 is 9.50 Å². The Labute approximate surface area is 202 Å². The van der Waals surface area contributed by atoms with Gasteiger partial charge in [0.1, 0.15) is 11.6 Å². The van der Waals surface area contributed by atoms with E-state index in [1.807, 2.05) is 31.2 Å². The number of aromatic nitrogens is 3. The van der Waals surface area contributed by atoms with Crippen molar-refractivity contribution in [2.45, 2.75) is 6.92 Å². The standard InChI is InChI=1S/C25H26ClFN6O/c1-16-23(17-3-2-4-18(26)13-17)24(28)33-25(30-16)21(15-29-33)20-14-19(5-6-22(20)27)32-9-7-31(8-10-32)11-12-34/h2-6,13-15,34H,7-12,28H2,1H3. The molecule has 1 aliphatic heterocycles. The maximum atomic E-state index is 15.0. The van der Waals surface area contributed by atoms with Crippen LogP contribution in [0.2, 0.25) is 5.02 Å². The molecule has 1 saturated heterocycles. The lowest BCUT2D eigenvalue weighted by Crippen LogP contribution is -2.47. The second-order valence-electron chi connectivity index (χ2n) is 8.48. The molecule has 0 amide bonds.